The molecule has 0 aliphatic heterocycles. The molecule has 0 spiro atoms. The molecule has 1 amide bonds. The second kappa shape index (κ2) is 8.39. The summed E-state index contributed by atoms with van der Waals surface area (Å²) in [4.78, 5) is 11.7. The van der Waals surface area contributed by atoms with Crippen molar-refractivity contribution in [1.82, 2.24) is 5.32 Å². The van der Waals surface area contributed by atoms with Crippen molar-refractivity contribution < 1.29 is 13.9 Å². The molecule has 4 nitrogen and oxygen atoms in total. The maximum Gasteiger partial charge on any atom is 0.239 e. The predicted octanol–water partition coefficient (Wildman–Crippen LogP) is 3.26. The second-order valence-corrected chi connectivity index (χ2v) is 5.36. The third-order valence-electron chi connectivity index (χ3n) is 3.27. The van der Waals surface area contributed by atoms with E-state index >= 15 is 0 Å². The second-order valence-electron chi connectivity index (χ2n) is 4.93. The normalized spacial score (nSPS) is 10.2. The van der Waals surface area contributed by atoms with Crippen molar-refractivity contribution in [3.05, 3.63) is 58.9 Å². The summed E-state index contributed by atoms with van der Waals surface area (Å²) in [7, 11) is 1.62. The average molecular weight is 337 g/mol. The number of methoxy groups -OCH3 is 1. The molecule has 0 heterocycles. The van der Waals surface area contributed by atoms with E-state index in [-0.39, 0.29) is 18.1 Å². The van der Waals surface area contributed by atoms with E-state index < -0.39 is 5.82 Å². The summed E-state index contributed by atoms with van der Waals surface area (Å²) in [6.07, 6.45) is 0.713. The number of anilines is 1. The monoisotopic (exact) mass is 336 g/mol. The molecule has 0 saturated carbocycles. The minimum atomic E-state index is -0.483. The van der Waals surface area contributed by atoms with Crippen LogP contribution in [-0.4, -0.2) is 26.1 Å². The molecule has 0 bridgehead atoms. The van der Waals surface area contributed by atoms with Crippen LogP contribution in [0.15, 0.2) is 42.5 Å². The Morgan fingerprint density at radius 2 is 1.96 bits per heavy atom. The lowest BCUT2D eigenvalue weighted by molar-refractivity contribution is -0.119. The molecule has 0 saturated heterocycles. The van der Waals surface area contributed by atoms with E-state index in [0.29, 0.717) is 18.0 Å². The predicted molar refractivity (Wildman–Crippen MR) is 89.6 cm³/mol. The summed E-state index contributed by atoms with van der Waals surface area (Å²) in [6.45, 7) is 0.511. The van der Waals surface area contributed by atoms with Gasteiger partial charge in [-0.05, 0) is 42.3 Å². The first-order valence-corrected chi connectivity index (χ1v) is 7.55. The van der Waals surface area contributed by atoms with Gasteiger partial charge in [-0.15, -0.1) is 0 Å². The van der Waals surface area contributed by atoms with E-state index in [1.165, 1.54) is 12.1 Å². The Morgan fingerprint density at radius 1 is 1.22 bits per heavy atom. The number of hydrogen-bond acceptors (Lipinski definition) is 3. The van der Waals surface area contributed by atoms with E-state index in [1.54, 1.807) is 13.2 Å². The Hall–Kier alpha value is -2.27. The Bertz CT molecular complexity index is 662. The highest BCUT2D eigenvalue weighted by atomic mass is 35.5. The molecule has 0 fully saturated rings. The van der Waals surface area contributed by atoms with Crippen LogP contribution in [0.25, 0.3) is 0 Å². The van der Waals surface area contributed by atoms with E-state index in [9.17, 15) is 9.18 Å². The van der Waals surface area contributed by atoms with Gasteiger partial charge in [0, 0.05) is 11.6 Å². The van der Waals surface area contributed by atoms with Gasteiger partial charge in [-0.2, -0.15) is 0 Å². The Kier molecular flexibility index (Phi) is 6.23. The van der Waals surface area contributed by atoms with Gasteiger partial charge < -0.3 is 15.4 Å². The van der Waals surface area contributed by atoms with Gasteiger partial charge in [0.15, 0.2) is 0 Å². The molecule has 0 aliphatic carbocycles. The van der Waals surface area contributed by atoms with E-state index in [0.717, 1.165) is 11.3 Å². The first-order valence-electron chi connectivity index (χ1n) is 7.17. The van der Waals surface area contributed by atoms with Crippen LogP contribution in [0.5, 0.6) is 5.75 Å². The van der Waals surface area contributed by atoms with Crippen LogP contribution in [0.1, 0.15) is 5.56 Å². The zero-order chi connectivity index (χ0) is 16.7. The molecule has 0 radical (unpaired) electrons. The maximum absolute atomic E-state index is 13.5. The molecule has 0 unspecified atom stereocenters. The van der Waals surface area contributed by atoms with Crippen molar-refractivity contribution in [3.63, 3.8) is 0 Å². The van der Waals surface area contributed by atoms with Gasteiger partial charge in [-0.25, -0.2) is 4.39 Å². The first kappa shape index (κ1) is 17.1. The van der Waals surface area contributed by atoms with Crippen LogP contribution in [0.3, 0.4) is 0 Å². The van der Waals surface area contributed by atoms with Crippen molar-refractivity contribution in [2.45, 2.75) is 6.42 Å². The molecule has 2 aromatic rings. The van der Waals surface area contributed by atoms with E-state index in [1.807, 2.05) is 24.3 Å². The Labute approximate surface area is 139 Å². The number of amides is 1. The third kappa shape index (κ3) is 5.45. The zero-order valence-electron chi connectivity index (χ0n) is 12.7. The molecule has 0 aliphatic rings. The molecule has 0 atom stereocenters. The first-order chi connectivity index (χ1) is 11.1. The summed E-state index contributed by atoms with van der Waals surface area (Å²) >= 11 is 5.67. The van der Waals surface area contributed by atoms with Crippen LogP contribution >= 0.6 is 11.6 Å². The maximum atomic E-state index is 13.5. The van der Waals surface area contributed by atoms with Crippen molar-refractivity contribution in [1.29, 1.82) is 0 Å². The number of halogens is 2. The summed E-state index contributed by atoms with van der Waals surface area (Å²) < 4.78 is 18.6. The molecule has 122 valence electrons. The highest BCUT2D eigenvalue weighted by Crippen LogP contribution is 2.18. The lowest BCUT2D eigenvalue weighted by atomic mass is 10.1. The van der Waals surface area contributed by atoms with Gasteiger partial charge in [0.1, 0.15) is 11.6 Å². The van der Waals surface area contributed by atoms with E-state index in [2.05, 4.69) is 10.6 Å². The average Bonchev–Trinajstić information content (AvgIpc) is 2.54. The minimum absolute atomic E-state index is 0.00116. The fourth-order valence-corrected chi connectivity index (χ4v) is 2.17. The van der Waals surface area contributed by atoms with Crippen molar-refractivity contribution in [2.75, 3.05) is 25.5 Å². The summed E-state index contributed by atoms with van der Waals surface area (Å²) in [5, 5.41) is 5.84. The Morgan fingerprint density at radius 3 is 2.61 bits per heavy atom. The standard InChI is InChI=1S/C17H18ClFN2O2/c1-23-14-5-2-12(3-6-14)8-9-20-17(22)11-21-16-7-4-13(18)10-15(16)19/h2-7,10,21H,8-9,11H2,1H3,(H,20,22). The number of rotatable bonds is 7. The van der Waals surface area contributed by atoms with Gasteiger partial charge in [-0.1, -0.05) is 23.7 Å². The number of hydrogen-bond donors (Lipinski definition) is 2. The van der Waals surface area contributed by atoms with Crippen LogP contribution < -0.4 is 15.4 Å². The molecule has 2 N–H and O–H groups in total. The number of carbonyl (C=O) groups is 1. The molecule has 2 aromatic carbocycles. The van der Waals surface area contributed by atoms with Crippen LogP contribution in [0.2, 0.25) is 5.02 Å². The van der Waals surface area contributed by atoms with Gasteiger partial charge in [-0.3, -0.25) is 4.79 Å². The number of nitrogens with one attached hydrogen (secondary N) is 2. The molecule has 2 rings (SSSR count). The summed E-state index contributed by atoms with van der Waals surface area (Å²) in [5.41, 5.74) is 1.35. The van der Waals surface area contributed by atoms with Crippen LogP contribution in [0, 0.1) is 5.82 Å². The van der Waals surface area contributed by atoms with Crippen molar-refractivity contribution >= 4 is 23.2 Å². The molecular formula is C17H18ClFN2O2. The smallest absolute Gasteiger partial charge is 0.239 e. The number of benzene rings is 2. The van der Waals surface area contributed by atoms with Crippen LogP contribution in [-0.2, 0) is 11.2 Å². The van der Waals surface area contributed by atoms with Gasteiger partial charge >= 0.3 is 0 Å². The van der Waals surface area contributed by atoms with E-state index in [4.69, 9.17) is 16.3 Å². The number of ether oxygens (including phenoxy) is 1. The minimum Gasteiger partial charge on any atom is -0.497 e. The highest BCUT2D eigenvalue weighted by Gasteiger charge is 2.05. The zero-order valence-corrected chi connectivity index (χ0v) is 13.5. The molecule has 0 aromatic heterocycles. The lowest BCUT2D eigenvalue weighted by Gasteiger charge is -2.09. The molecular weight excluding hydrogens is 319 g/mol. The van der Waals surface area contributed by atoms with Gasteiger partial charge in [0.05, 0.1) is 19.3 Å². The third-order valence-corrected chi connectivity index (χ3v) is 3.50. The summed E-state index contributed by atoms with van der Waals surface area (Å²) in [6, 6.07) is 11.9. The fourth-order valence-electron chi connectivity index (χ4n) is 2.01. The van der Waals surface area contributed by atoms with Gasteiger partial charge in [0.2, 0.25) is 5.91 Å². The largest absolute Gasteiger partial charge is 0.497 e. The van der Waals surface area contributed by atoms with Gasteiger partial charge in [0.25, 0.3) is 0 Å². The highest BCUT2D eigenvalue weighted by molar-refractivity contribution is 6.30. The molecule has 23 heavy (non-hydrogen) atoms. The van der Waals surface area contributed by atoms with Crippen molar-refractivity contribution in [3.8, 4) is 5.75 Å². The van der Waals surface area contributed by atoms with Crippen molar-refractivity contribution in [2.24, 2.45) is 0 Å². The fraction of sp³-hybridized carbons (Fsp3) is 0.235. The topological polar surface area (TPSA) is 50.4 Å². The Balaban J connectivity index is 1.72. The SMILES string of the molecule is COc1ccc(CCNC(=O)CNc2ccc(Cl)cc2F)cc1. The number of carbonyl (C=O) groups excluding carboxylic acids is 1. The quantitative estimate of drug-likeness (QED) is 0.816. The van der Waals surface area contributed by atoms with Crippen LogP contribution in [0.4, 0.5) is 10.1 Å². The lowest BCUT2D eigenvalue weighted by Crippen LogP contribution is -2.31. The summed E-state index contributed by atoms with van der Waals surface area (Å²) in [5.74, 6) is 0.114. The molecule has 6 heteroatoms.